The molecule has 0 unspecified atom stereocenters. The zero-order valence-electron chi connectivity index (χ0n) is 31.5. The van der Waals surface area contributed by atoms with E-state index in [0.717, 1.165) is 32.1 Å². The van der Waals surface area contributed by atoms with Crippen molar-refractivity contribution in [3.8, 4) is 0 Å². The largest absolute Gasteiger partial charge is 0.457 e. The summed E-state index contributed by atoms with van der Waals surface area (Å²) in [6.45, 7) is -4.63. The molecule has 0 radical (unpaired) electrons. The Balaban J connectivity index is 1.37. The zero-order valence-corrected chi connectivity index (χ0v) is 22.5. The van der Waals surface area contributed by atoms with E-state index in [9.17, 15) is 19.5 Å². The Labute approximate surface area is 244 Å². The fourth-order valence-electron chi connectivity index (χ4n) is 9.13. The maximum absolute atomic E-state index is 14.6. The lowest BCUT2D eigenvalue weighted by Crippen LogP contribution is -2.63. The molecule has 6 aliphatic rings. The first kappa shape index (κ1) is 18.6. The Morgan fingerprint density at radius 3 is 2.77 bits per heavy atom. The summed E-state index contributed by atoms with van der Waals surface area (Å²) in [4.78, 5) is 40.0. The summed E-state index contributed by atoms with van der Waals surface area (Å²) in [7, 11) is 0. The van der Waals surface area contributed by atoms with E-state index in [0.29, 0.717) is 5.57 Å². The van der Waals surface area contributed by atoms with Gasteiger partial charge in [-0.3, -0.25) is 14.4 Å². The summed E-state index contributed by atoms with van der Waals surface area (Å²) in [5, 5.41) is 12.0. The highest BCUT2D eigenvalue weighted by atomic mass is 16.7. The van der Waals surface area contributed by atoms with Crippen molar-refractivity contribution in [2.24, 2.45) is 40.4 Å². The van der Waals surface area contributed by atoms with Crippen LogP contribution in [0, 0.1) is 40.4 Å². The molecule has 1 N–H and O–H groups in total. The van der Waals surface area contributed by atoms with E-state index in [2.05, 4.69) is 0 Å². The quantitative estimate of drug-likeness (QED) is 0.496. The molecule has 0 aromatic rings. The second kappa shape index (κ2) is 9.63. The molecular formula is C32H44O7. The van der Waals surface area contributed by atoms with Crippen LogP contribution >= 0.6 is 0 Å². The van der Waals surface area contributed by atoms with Crippen molar-refractivity contribution >= 4 is 17.5 Å². The van der Waals surface area contributed by atoms with Crippen LogP contribution < -0.4 is 0 Å². The molecule has 5 aliphatic carbocycles. The predicted molar refractivity (Wildman–Crippen MR) is 143 cm³/mol. The number of ether oxygens (including phenoxy) is 3. The van der Waals surface area contributed by atoms with Crippen molar-refractivity contribution in [3.63, 3.8) is 0 Å². The summed E-state index contributed by atoms with van der Waals surface area (Å²) in [5.41, 5.74) is -3.62. The maximum Gasteiger partial charge on any atom is 0.308 e. The van der Waals surface area contributed by atoms with Crippen molar-refractivity contribution in [1.82, 2.24) is 0 Å². The van der Waals surface area contributed by atoms with Gasteiger partial charge in [0.15, 0.2) is 24.3 Å². The van der Waals surface area contributed by atoms with Crippen molar-refractivity contribution < 1.29 is 46.0 Å². The molecule has 0 spiro atoms. The highest BCUT2D eigenvalue weighted by Gasteiger charge is 2.76. The van der Waals surface area contributed by atoms with Gasteiger partial charge in [0.1, 0.15) is 0 Å². The van der Waals surface area contributed by atoms with E-state index in [1.54, 1.807) is 13.0 Å². The molecule has 5 fully saturated rings. The number of Topliss-reactive ketones (excluding diaryl/α,β-unsaturated/α-hetero) is 1. The molecule has 0 bridgehead atoms. The minimum absolute atomic E-state index is 0.0198. The number of fused-ring (bicyclic) bond motifs is 7. The van der Waals surface area contributed by atoms with E-state index >= 15 is 0 Å². The average Bonchev–Trinajstić information content (AvgIpc) is 3.48. The first-order chi connectivity index (χ1) is 22.0. The summed E-state index contributed by atoms with van der Waals surface area (Å²) in [5.74, 6) is -8.04. The Morgan fingerprint density at radius 1 is 1.26 bits per heavy atom. The van der Waals surface area contributed by atoms with E-state index in [1.165, 1.54) is 12.2 Å². The first-order valence-electron chi connectivity index (χ1n) is 18.7. The monoisotopic (exact) mass is 549 g/mol. The molecule has 7 nitrogen and oxygen atoms in total. The van der Waals surface area contributed by atoms with Crippen LogP contribution in [-0.2, 0) is 28.6 Å². The van der Waals surface area contributed by atoms with Crippen LogP contribution in [0.15, 0.2) is 23.8 Å². The Hall–Kier alpha value is -1.83. The lowest BCUT2D eigenvalue weighted by Gasteiger charge is -2.59. The van der Waals surface area contributed by atoms with Crippen molar-refractivity contribution in [2.75, 3.05) is 6.61 Å². The molecule has 214 valence electrons. The van der Waals surface area contributed by atoms with Gasteiger partial charge in [0.2, 0.25) is 5.78 Å². The van der Waals surface area contributed by atoms with Crippen molar-refractivity contribution in [1.29, 1.82) is 0 Å². The minimum atomic E-state index is -3.64. The van der Waals surface area contributed by atoms with Gasteiger partial charge in [0.05, 0.1) is 18.1 Å². The molecule has 0 aromatic heterocycles. The standard InChI is InChI=1S/C32H44O7/c1-18(2)28(36)37-17-25(35)32-26(38-29(39-32)19-8-6-5-7-9-19)15-23-22-11-10-20-14-21(33)12-13-30(20,3)27(22)24(34)16-31(23,32)4/h12-14,18-19,22-24,26-27,29,34H,5-11,15-17H2,1-4H3/t22-,23-,24-,26+,27+,29+,30-,31-,32+/m0/s1/i1D3,2D3,10D2,18D. The molecule has 7 heteroatoms. The molecule has 1 heterocycles. The van der Waals surface area contributed by atoms with Gasteiger partial charge in [-0.05, 0) is 62.5 Å². The third-order valence-corrected chi connectivity index (χ3v) is 10.9. The number of carbonyl (C=O) groups excluding carboxylic acids is 3. The highest BCUT2D eigenvalue weighted by Crippen LogP contribution is 2.70. The van der Waals surface area contributed by atoms with Gasteiger partial charge in [-0.25, -0.2) is 0 Å². The lowest BCUT2D eigenvalue weighted by atomic mass is 9.46. The van der Waals surface area contributed by atoms with Crippen LogP contribution in [0.2, 0.25) is 0 Å². The number of aliphatic hydroxyl groups excluding tert-OH is 1. The van der Waals surface area contributed by atoms with Crippen LogP contribution in [0.25, 0.3) is 0 Å². The van der Waals surface area contributed by atoms with Gasteiger partial charge in [-0.1, -0.05) is 58.5 Å². The molecule has 1 aliphatic heterocycles. The number of ketones is 2. The molecule has 0 aromatic carbocycles. The third kappa shape index (κ3) is 3.97. The molecule has 4 saturated carbocycles. The summed E-state index contributed by atoms with van der Waals surface area (Å²) in [6, 6.07) is 0. The number of rotatable bonds is 5. The van der Waals surface area contributed by atoms with Crippen LogP contribution in [0.1, 0.15) is 97.6 Å². The fourth-order valence-corrected chi connectivity index (χ4v) is 9.13. The van der Waals surface area contributed by atoms with E-state index in [-0.39, 0.29) is 31.0 Å². The Bertz CT molecular complexity index is 1420. The highest BCUT2D eigenvalue weighted by molar-refractivity contribution is 6.01. The molecule has 39 heavy (non-hydrogen) atoms. The van der Waals surface area contributed by atoms with Crippen LogP contribution in [0.4, 0.5) is 0 Å². The maximum atomic E-state index is 14.6. The van der Waals surface area contributed by atoms with Crippen LogP contribution in [0.5, 0.6) is 0 Å². The SMILES string of the molecule is [2H]C1([2H])C[C@@H]2[C@H]([C@@H](O)C[C@@]3(C)[C@H]2C[C@H]2O[C@@H](C4CCCCC4)O[C@]23C(=O)COC(=O)C([2H])(C([2H])([2H])[2H])C([2H])([2H])[2H])[C@@]2(C)C=CC(=O)C=C12. The second-order valence-corrected chi connectivity index (χ2v) is 12.8. The smallest absolute Gasteiger partial charge is 0.308 e. The molecule has 6 rings (SSSR count). The minimum Gasteiger partial charge on any atom is -0.457 e. The predicted octanol–water partition coefficient (Wildman–Crippen LogP) is 4.70. The van der Waals surface area contributed by atoms with Gasteiger partial charge < -0.3 is 19.3 Å². The molecular weight excluding hydrogens is 496 g/mol. The number of hydrogen-bond donors (Lipinski definition) is 1. The molecule has 1 saturated heterocycles. The number of allylic oxidation sites excluding steroid dienone is 4. The van der Waals surface area contributed by atoms with Gasteiger partial charge in [0.25, 0.3) is 0 Å². The fraction of sp³-hybridized carbons (Fsp3) is 0.781. The number of carbonyl (C=O) groups is 3. The first-order valence-corrected chi connectivity index (χ1v) is 14.2. The van der Waals surface area contributed by atoms with Crippen molar-refractivity contribution in [3.05, 3.63) is 23.8 Å². The van der Waals surface area contributed by atoms with Gasteiger partial charge in [-0.15, -0.1) is 0 Å². The Morgan fingerprint density at radius 2 is 2.03 bits per heavy atom. The summed E-state index contributed by atoms with van der Waals surface area (Å²) in [6.07, 6.45) is 4.66. The topological polar surface area (TPSA) is 99.1 Å². The van der Waals surface area contributed by atoms with E-state index in [1.807, 2.05) is 6.92 Å². The third-order valence-electron chi connectivity index (χ3n) is 10.9. The van der Waals surface area contributed by atoms with Crippen LogP contribution in [0.3, 0.4) is 0 Å². The van der Waals surface area contributed by atoms with E-state index < -0.39 is 97.0 Å². The van der Waals surface area contributed by atoms with Gasteiger partial charge >= 0.3 is 5.97 Å². The summed E-state index contributed by atoms with van der Waals surface area (Å²) >= 11 is 0. The average molecular weight is 550 g/mol. The normalized spacial score (nSPS) is 50.9. The molecule has 9 atom stereocenters. The number of hydrogen-bond acceptors (Lipinski definition) is 7. The van der Waals surface area contributed by atoms with Gasteiger partial charge in [-0.2, -0.15) is 0 Å². The van der Waals surface area contributed by atoms with Gasteiger partial charge in [0, 0.05) is 35.0 Å². The second-order valence-electron chi connectivity index (χ2n) is 12.8. The molecule has 0 amide bonds. The Kier molecular flexibility index (Phi) is 4.58. The summed E-state index contributed by atoms with van der Waals surface area (Å²) < 4.78 is 90.4. The number of aliphatic hydroxyl groups is 1. The number of esters is 1. The van der Waals surface area contributed by atoms with E-state index in [4.69, 9.17) is 26.5 Å². The zero-order chi connectivity index (χ0) is 35.5. The lowest BCUT2D eigenvalue weighted by molar-refractivity contribution is -0.210. The van der Waals surface area contributed by atoms with Crippen molar-refractivity contribution in [2.45, 2.75) is 109 Å². The van der Waals surface area contributed by atoms with Crippen LogP contribution in [-0.4, -0.2) is 53.3 Å².